The third-order valence-corrected chi connectivity index (χ3v) is 4.05. The Hall–Kier alpha value is -0.120. The predicted molar refractivity (Wildman–Crippen MR) is 73.4 cm³/mol. The van der Waals surface area contributed by atoms with Crippen molar-refractivity contribution in [3.05, 3.63) is 0 Å². The second kappa shape index (κ2) is 6.72. The van der Waals surface area contributed by atoms with Gasteiger partial charge in [0.15, 0.2) is 0 Å². The minimum absolute atomic E-state index is 0.0634. The minimum Gasteiger partial charge on any atom is -0.377 e. The van der Waals surface area contributed by atoms with Gasteiger partial charge in [0, 0.05) is 25.7 Å². The van der Waals surface area contributed by atoms with E-state index in [4.69, 9.17) is 4.74 Å². The van der Waals surface area contributed by atoms with Gasteiger partial charge in [-0.1, -0.05) is 6.92 Å². The van der Waals surface area contributed by atoms with Crippen molar-refractivity contribution in [3.8, 4) is 0 Å². The molecule has 0 spiro atoms. The van der Waals surface area contributed by atoms with Crippen molar-refractivity contribution in [2.45, 2.75) is 64.6 Å². The van der Waals surface area contributed by atoms with E-state index in [0.29, 0.717) is 12.1 Å². The Labute approximate surface area is 107 Å². The Morgan fingerprint density at radius 3 is 2.71 bits per heavy atom. The number of hydrogen-bond donors (Lipinski definition) is 1. The van der Waals surface area contributed by atoms with E-state index in [2.05, 4.69) is 37.9 Å². The summed E-state index contributed by atoms with van der Waals surface area (Å²) >= 11 is 0. The Balaban J connectivity index is 2.43. The molecular formula is C14H30N2O. The number of methoxy groups -OCH3 is 1. The molecule has 102 valence electrons. The molecule has 1 rings (SSSR count). The molecule has 17 heavy (non-hydrogen) atoms. The maximum absolute atomic E-state index is 5.65. The maximum Gasteiger partial charge on any atom is 0.0777 e. The molecule has 1 fully saturated rings. The van der Waals surface area contributed by atoms with Crippen LogP contribution < -0.4 is 5.32 Å². The van der Waals surface area contributed by atoms with Crippen LogP contribution >= 0.6 is 0 Å². The smallest absolute Gasteiger partial charge is 0.0777 e. The van der Waals surface area contributed by atoms with Crippen molar-refractivity contribution in [2.24, 2.45) is 0 Å². The number of hydrogen-bond acceptors (Lipinski definition) is 3. The summed E-state index contributed by atoms with van der Waals surface area (Å²) in [6.07, 6.45) is 3.66. The summed E-state index contributed by atoms with van der Waals surface area (Å²) in [7, 11) is 1.84. The summed E-state index contributed by atoms with van der Waals surface area (Å²) in [4.78, 5) is 2.58. The zero-order valence-corrected chi connectivity index (χ0v) is 12.3. The highest BCUT2D eigenvalue weighted by molar-refractivity contribution is 4.87. The lowest BCUT2D eigenvalue weighted by atomic mass is 9.93. The van der Waals surface area contributed by atoms with Gasteiger partial charge in [-0.05, 0) is 53.1 Å². The fraction of sp³-hybridized carbons (Fsp3) is 1.00. The number of piperidine rings is 1. The van der Waals surface area contributed by atoms with Crippen molar-refractivity contribution >= 4 is 0 Å². The van der Waals surface area contributed by atoms with Gasteiger partial charge in [-0.25, -0.2) is 0 Å². The van der Waals surface area contributed by atoms with Crippen LogP contribution in [-0.4, -0.2) is 49.3 Å². The summed E-state index contributed by atoms with van der Waals surface area (Å²) < 4.78 is 5.65. The monoisotopic (exact) mass is 242 g/mol. The highest BCUT2D eigenvalue weighted by atomic mass is 16.5. The predicted octanol–water partition coefficient (Wildman–Crippen LogP) is 2.26. The lowest BCUT2D eigenvalue weighted by molar-refractivity contribution is -0.0608. The summed E-state index contributed by atoms with van der Waals surface area (Å²) in [5, 5.41) is 3.49. The third-order valence-electron chi connectivity index (χ3n) is 4.05. The largest absolute Gasteiger partial charge is 0.377 e. The van der Waals surface area contributed by atoms with Gasteiger partial charge in [-0.2, -0.15) is 0 Å². The Morgan fingerprint density at radius 1 is 1.41 bits per heavy atom. The molecule has 3 unspecified atom stereocenters. The molecule has 1 saturated heterocycles. The molecule has 1 aliphatic heterocycles. The van der Waals surface area contributed by atoms with E-state index in [1.165, 1.54) is 25.8 Å². The third kappa shape index (κ3) is 4.57. The fourth-order valence-electron chi connectivity index (χ4n) is 2.88. The van der Waals surface area contributed by atoms with E-state index in [-0.39, 0.29) is 5.60 Å². The van der Waals surface area contributed by atoms with Gasteiger partial charge < -0.3 is 10.1 Å². The van der Waals surface area contributed by atoms with Crippen LogP contribution in [0.3, 0.4) is 0 Å². The van der Waals surface area contributed by atoms with E-state index >= 15 is 0 Å². The van der Waals surface area contributed by atoms with Crippen molar-refractivity contribution in [2.75, 3.05) is 26.7 Å². The van der Waals surface area contributed by atoms with Crippen LogP contribution in [0.5, 0.6) is 0 Å². The number of rotatable bonds is 6. The summed E-state index contributed by atoms with van der Waals surface area (Å²) in [5.74, 6) is 0. The second-order valence-electron chi connectivity index (χ2n) is 5.77. The summed E-state index contributed by atoms with van der Waals surface area (Å²) in [6, 6.07) is 1.24. The zero-order chi connectivity index (χ0) is 12.9. The number of likely N-dealkylation sites (tertiary alicyclic amines) is 1. The van der Waals surface area contributed by atoms with E-state index in [1.807, 2.05) is 7.11 Å². The molecule has 1 N–H and O–H groups in total. The quantitative estimate of drug-likeness (QED) is 0.773. The topological polar surface area (TPSA) is 24.5 Å². The highest BCUT2D eigenvalue weighted by Crippen LogP contribution is 2.26. The first-order chi connectivity index (χ1) is 8.00. The molecule has 0 aliphatic carbocycles. The van der Waals surface area contributed by atoms with Crippen molar-refractivity contribution in [1.29, 1.82) is 0 Å². The lowest BCUT2D eigenvalue weighted by Crippen LogP contribution is -2.51. The molecule has 0 bridgehead atoms. The second-order valence-corrected chi connectivity index (χ2v) is 5.77. The molecule has 1 aliphatic rings. The first kappa shape index (κ1) is 14.9. The van der Waals surface area contributed by atoms with Gasteiger partial charge >= 0.3 is 0 Å². The molecule has 0 aromatic carbocycles. The van der Waals surface area contributed by atoms with Gasteiger partial charge in [0.05, 0.1) is 5.60 Å². The molecule has 3 heteroatoms. The van der Waals surface area contributed by atoms with E-state index < -0.39 is 0 Å². The maximum atomic E-state index is 5.65. The first-order valence-corrected chi connectivity index (χ1v) is 7.03. The van der Waals surface area contributed by atoms with Gasteiger partial charge in [-0.3, -0.25) is 4.90 Å². The van der Waals surface area contributed by atoms with Gasteiger partial charge in [-0.15, -0.1) is 0 Å². The molecular weight excluding hydrogens is 212 g/mol. The fourth-order valence-corrected chi connectivity index (χ4v) is 2.88. The molecule has 1 heterocycles. The highest BCUT2D eigenvalue weighted by Gasteiger charge is 2.32. The van der Waals surface area contributed by atoms with Crippen LogP contribution in [0.4, 0.5) is 0 Å². The molecule has 3 nitrogen and oxygen atoms in total. The van der Waals surface area contributed by atoms with Crippen LogP contribution in [0.1, 0.15) is 47.0 Å². The van der Waals surface area contributed by atoms with Crippen LogP contribution in [0.15, 0.2) is 0 Å². The van der Waals surface area contributed by atoms with Crippen LogP contribution in [0.2, 0.25) is 0 Å². The Morgan fingerprint density at radius 2 is 2.12 bits per heavy atom. The van der Waals surface area contributed by atoms with Crippen LogP contribution in [0.25, 0.3) is 0 Å². The average molecular weight is 242 g/mol. The van der Waals surface area contributed by atoms with E-state index in [0.717, 1.165) is 13.1 Å². The van der Waals surface area contributed by atoms with Gasteiger partial charge in [0.1, 0.15) is 0 Å². The Bertz CT molecular complexity index is 222. The molecule has 0 aromatic rings. The van der Waals surface area contributed by atoms with Crippen molar-refractivity contribution in [3.63, 3.8) is 0 Å². The minimum atomic E-state index is 0.0634. The number of nitrogens with zero attached hydrogens (tertiary/aromatic N) is 1. The van der Waals surface area contributed by atoms with Crippen molar-refractivity contribution in [1.82, 2.24) is 10.2 Å². The molecule has 3 atom stereocenters. The number of nitrogens with one attached hydrogen (secondary N) is 1. The molecule has 0 amide bonds. The normalized spacial score (nSPS) is 30.2. The van der Waals surface area contributed by atoms with Crippen LogP contribution in [-0.2, 0) is 4.74 Å². The van der Waals surface area contributed by atoms with Crippen LogP contribution in [0, 0.1) is 0 Å². The number of ether oxygens (including phenoxy) is 1. The molecule has 0 saturated carbocycles. The molecule has 0 radical (unpaired) electrons. The van der Waals surface area contributed by atoms with E-state index in [1.54, 1.807) is 0 Å². The first-order valence-electron chi connectivity index (χ1n) is 7.03. The average Bonchev–Trinajstić information content (AvgIpc) is 2.29. The van der Waals surface area contributed by atoms with Gasteiger partial charge in [0.25, 0.3) is 0 Å². The zero-order valence-electron chi connectivity index (χ0n) is 12.3. The Kier molecular flexibility index (Phi) is 5.90. The van der Waals surface area contributed by atoms with E-state index in [9.17, 15) is 0 Å². The van der Waals surface area contributed by atoms with Crippen molar-refractivity contribution < 1.29 is 4.74 Å². The standard InChI is InChI=1S/C14H30N2O/c1-6-15-12(2)10-13(3)16-9-7-8-14(4,11-16)17-5/h12-13,15H,6-11H2,1-5H3. The van der Waals surface area contributed by atoms with Gasteiger partial charge in [0.2, 0.25) is 0 Å². The lowest BCUT2D eigenvalue weighted by Gasteiger charge is -2.42. The summed E-state index contributed by atoms with van der Waals surface area (Å²) in [5.41, 5.74) is 0.0634. The SMILES string of the molecule is CCNC(C)CC(C)N1CCCC(C)(OC)C1. The summed E-state index contributed by atoms with van der Waals surface area (Å²) in [6.45, 7) is 12.4. The molecule has 0 aromatic heterocycles.